The van der Waals surface area contributed by atoms with Crippen molar-refractivity contribution in [2.45, 2.75) is 361 Å². The standard InChI is InChI=1S/C63H120O6/c1-4-7-10-13-16-18-20-22-24-26-28-29-30-31-32-33-34-36-37-39-41-43-45-47-50-53-56-62(65)68-59-60(58-67-61(64)55-52-49-15-12-9-6-3)69-63(66)57-54-51-48-46-44-42-40-38-35-27-25-23-21-19-17-14-11-8-5-2/h23,25,60H,4-22,24,26-59H2,1-3H3/b25-23-. The maximum absolute atomic E-state index is 12.8. The number of esters is 3. The highest BCUT2D eigenvalue weighted by Crippen LogP contribution is 2.18. The van der Waals surface area contributed by atoms with Crippen molar-refractivity contribution in [1.82, 2.24) is 0 Å². The molecule has 0 aromatic carbocycles. The lowest BCUT2D eigenvalue weighted by Crippen LogP contribution is -2.30. The minimum absolute atomic E-state index is 0.0656. The van der Waals surface area contributed by atoms with Crippen LogP contribution in [0.25, 0.3) is 0 Å². The highest BCUT2D eigenvalue weighted by atomic mass is 16.6. The normalized spacial score (nSPS) is 12.0. The van der Waals surface area contributed by atoms with E-state index in [1.165, 1.54) is 257 Å². The maximum atomic E-state index is 12.8. The van der Waals surface area contributed by atoms with E-state index in [1.54, 1.807) is 0 Å². The molecule has 0 aliphatic rings. The van der Waals surface area contributed by atoms with Gasteiger partial charge in [0.1, 0.15) is 13.2 Å². The van der Waals surface area contributed by atoms with Gasteiger partial charge in [-0.2, -0.15) is 0 Å². The van der Waals surface area contributed by atoms with E-state index in [2.05, 4.69) is 32.9 Å². The van der Waals surface area contributed by atoms with E-state index in [0.717, 1.165) is 57.8 Å². The summed E-state index contributed by atoms with van der Waals surface area (Å²) in [7, 11) is 0. The van der Waals surface area contributed by atoms with E-state index in [9.17, 15) is 14.4 Å². The molecule has 6 heteroatoms. The van der Waals surface area contributed by atoms with Gasteiger partial charge in [-0.05, 0) is 44.9 Å². The first kappa shape index (κ1) is 67.1. The number of carbonyl (C=O) groups excluding carboxylic acids is 3. The molecule has 0 amide bonds. The molecule has 0 aliphatic heterocycles. The maximum Gasteiger partial charge on any atom is 0.306 e. The molecule has 0 saturated carbocycles. The van der Waals surface area contributed by atoms with Crippen molar-refractivity contribution >= 4 is 17.9 Å². The van der Waals surface area contributed by atoms with Crippen LogP contribution in [0.3, 0.4) is 0 Å². The summed E-state index contributed by atoms with van der Waals surface area (Å²) in [5.74, 6) is -0.854. The molecule has 1 atom stereocenters. The van der Waals surface area contributed by atoms with Crippen molar-refractivity contribution in [2.24, 2.45) is 0 Å². The monoisotopic (exact) mass is 973 g/mol. The van der Waals surface area contributed by atoms with Gasteiger partial charge in [-0.3, -0.25) is 14.4 Å². The van der Waals surface area contributed by atoms with Gasteiger partial charge in [0, 0.05) is 19.3 Å². The fourth-order valence-electron chi connectivity index (χ4n) is 9.56. The van der Waals surface area contributed by atoms with Crippen molar-refractivity contribution < 1.29 is 28.6 Å². The molecule has 0 aromatic heterocycles. The van der Waals surface area contributed by atoms with Gasteiger partial charge in [-0.25, -0.2) is 0 Å². The minimum atomic E-state index is -0.764. The molecule has 0 spiro atoms. The Morgan fingerprint density at radius 1 is 0.275 bits per heavy atom. The first-order valence-electron chi connectivity index (χ1n) is 31.2. The number of hydrogen-bond donors (Lipinski definition) is 0. The summed E-state index contributed by atoms with van der Waals surface area (Å²) in [5, 5.41) is 0. The average Bonchev–Trinajstić information content (AvgIpc) is 3.35. The van der Waals surface area contributed by atoms with Gasteiger partial charge in [0.25, 0.3) is 0 Å². The molecular weight excluding hydrogens is 853 g/mol. The summed E-state index contributed by atoms with van der Waals surface area (Å²) in [5.41, 5.74) is 0. The summed E-state index contributed by atoms with van der Waals surface area (Å²) in [6.07, 6.45) is 68.3. The predicted molar refractivity (Wildman–Crippen MR) is 298 cm³/mol. The van der Waals surface area contributed by atoms with Gasteiger partial charge in [0.2, 0.25) is 0 Å². The largest absolute Gasteiger partial charge is 0.462 e. The number of allylic oxidation sites excluding steroid dienone is 2. The zero-order valence-corrected chi connectivity index (χ0v) is 46.9. The van der Waals surface area contributed by atoms with E-state index < -0.39 is 6.10 Å². The van der Waals surface area contributed by atoms with Crippen LogP contribution in [0.1, 0.15) is 355 Å². The van der Waals surface area contributed by atoms with Crippen molar-refractivity contribution in [2.75, 3.05) is 13.2 Å². The average molecular weight is 974 g/mol. The molecule has 408 valence electrons. The highest BCUT2D eigenvalue weighted by Gasteiger charge is 2.19. The summed E-state index contributed by atoms with van der Waals surface area (Å²) < 4.78 is 16.8. The molecule has 69 heavy (non-hydrogen) atoms. The third-order valence-corrected chi connectivity index (χ3v) is 14.3. The Morgan fingerprint density at radius 2 is 0.478 bits per heavy atom. The van der Waals surface area contributed by atoms with E-state index in [0.29, 0.717) is 19.3 Å². The molecule has 0 radical (unpaired) electrons. The summed E-state index contributed by atoms with van der Waals surface area (Å²) in [4.78, 5) is 37.9. The number of unbranched alkanes of at least 4 members (excludes halogenated alkanes) is 45. The van der Waals surface area contributed by atoms with Crippen molar-refractivity contribution in [3.8, 4) is 0 Å². The van der Waals surface area contributed by atoms with Gasteiger partial charge in [0.15, 0.2) is 6.10 Å². The smallest absolute Gasteiger partial charge is 0.306 e. The van der Waals surface area contributed by atoms with Crippen LogP contribution in [-0.2, 0) is 28.6 Å². The zero-order valence-electron chi connectivity index (χ0n) is 46.9. The Kier molecular flexibility index (Phi) is 57.1. The zero-order chi connectivity index (χ0) is 50.0. The molecule has 0 bridgehead atoms. The molecule has 0 aliphatic carbocycles. The van der Waals surface area contributed by atoms with Gasteiger partial charge in [-0.15, -0.1) is 0 Å². The SMILES string of the molecule is CCCCCCCC/C=C\CCCCCCCCCCCC(=O)OC(COC(=O)CCCCCCCC)COC(=O)CCCCCCCCCCCCCCCCCCCCCCCCCCCC. The number of carbonyl (C=O) groups is 3. The van der Waals surface area contributed by atoms with Gasteiger partial charge >= 0.3 is 17.9 Å². The van der Waals surface area contributed by atoms with E-state index in [1.807, 2.05) is 0 Å². The van der Waals surface area contributed by atoms with Gasteiger partial charge < -0.3 is 14.2 Å². The Hall–Kier alpha value is -1.85. The summed E-state index contributed by atoms with van der Waals surface area (Å²) in [6, 6.07) is 0. The molecule has 0 fully saturated rings. The lowest BCUT2D eigenvalue weighted by atomic mass is 10.0. The van der Waals surface area contributed by atoms with Crippen molar-refractivity contribution in [3.63, 3.8) is 0 Å². The van der Waals surface area contributed by atoms with Crippen LogP contribution >= 0.6 is 0 Å². The van der Waals surface area contributed by atoms with Crippen LogP contribution in [0.5, 0.6) is 0 Å². The number of rotatable bonds is 58. The number of hydrogen-bond acceptors (Lipinski definition) is 6. The first-order chi connectivity index (χ1) is 34.0. The molecule has 0 rings (SSSR count). The lowest BCUT2D eigenvalue weighted by Gasteiger charge is -2.18. The first-order valence-corrected chi connectivity index (χ1v) is 31.2. The molecule has 0 saturated heterocycles. The second kappa shape index (κ2) is 58.7. The topological polar surface area (TPSA) is 78.9 Å². The summed E-state index contributed by atoms with van der Waals surface area (Å²) >= 11 is 0. The van der Waals surface area contributed by atoms with Crippen LogP contribution in [0.15, 0.2) is 12.2 Å². The third kappa shape index (κ3) is 56.9. The fourth-order valence-corrected chi connectivity index (χ4v) is 9.56. The Labute approximate surface area is 431 Å². The van der Waals surface area contributed by atoms with Crippen LogP contribution in [-0.4, -0.2) is 37.2 Å². The van der Waals surface area contributed by atoms with Crippen LogP contribution in [0, 0.1) is 0 Å². The van der Waals surface area contributed by atoms with Crippen LogP contribution in [0.4, 0.5) is 0 Å². The van der Waals surface area contributed by atoms with E-state index in [4.69, 9.17) is 14.2 Å². The van der Waals surface area contributed by atoms with Crippen LogP contribution < -0.4 is 0 Å². The Balaban J connectivity index is 4.01. The van der Waals surface area contributed by atoms with Crippen molar-refractivity contribution in [1.29, 1.82) is 0 Å². The molecule has 1 unspecified atom stereocenters. The quantitative estimate of drug-likeness (QED) is 0.0261. The third-order valence-electron chi connectivity index (χ3n) is 14.3. The number of ether oxygens (including phenoxy) is 3. The van der Waals surface area contributed by atoms with Crippen LogP contribution in [0.2, 0.25) is 0 Å². The molecule has 0 aromatic rings. The second-order valence-electron chi connectivity index (χ2n) is 21.3. The molecular formula is C63H120O6. The summed E-state index contributed by atoms with van der Waals surface area (Å²) in [6.45, 7) is 6.64. The molecule has 0 N–H and O–H groups in total. The lowest BCUT2D eigenvalue weighted by molar-refractivity contribution is -0.167. The van der Waals surface area contributed by atoms with E-state index in [-0.39, 0.29) is 31.1 Å². The Morgan fingerprint density at radius 3 is 0.725 bits per heavy atom. The predicted octanol–water partition coefficient (Wildman–Crippen LogP) is 20.9. The fraction of sp³-hybridized carbons (Fsp3) is 0.921. The van der Waals surface area contributed by atoms with E-state index >= 15 is 0 Å². The Bertz CT molecular complexity index is 1070. The minimum Gasteiger partial charge on any atom is -0.462 e. The van der Waals surface area contributed by atoms with Gasteiger partial charge in [0.05, 0.1) is 0 Å². The van der Waals surface area contributed by atoms with Gasteiger partial charge in [-0.1, -0.05) is 303 Å². The molecule has 6 nitrogen and oxygen atoms in total. The van der Waals surface area contributed by atoms with Crippen molar-refractivity contribution in [3.05, 3.63) is 12.2 Å². The molecule has 0 heterocycles. The second-order valence-corrected chi connectivity index (χ2v) is 21.3. The highest BCUT2D eigenvalue weighted by molar-refractivity contribution is 5.71.